The Morgan fingerprint density at radius 2 is 2.18 bits per heavy atom. The second kappa shape index (κ2) is 5.09. The highest BCUT2D eigenvalue weighted by Gasteiger charge is 2.15. The van der Waals surface area contributed by atoms with Crippen LogP contribution in [0.15, 0.2) is 0 Å². The molecule has 0 unspecified atom stereocenters. The standard InChI is InChI=1S/C5H8FNO3S/c6-11-5(10)3(7)1-2-4(8)9/h3H,1-2,7H2,(H,8,9)/t3-/m0/s1. The van der Waals surface area contributed by atoms with Crippen LogP contribution in [-0.2, 0) is 9.59 Å². The molecule has 0 heterocycles. The SMILES string of the molecule is N[C@@H](CCC(=O)O)C(=O)SF. The Labute approximate surface area is 67.2 Å². The fourth-order valence-corrected chi connectivity index (χ4v) is 0.686. The van der Waals surface area contributed by atoms with Gasteiger partial charge in [0.25, 0.3) is 0 Å². The maximum Gasteiger partial charge on any atom is 0.303 e. The minimum Gasteiger partial charge on any atom is -0.481 e. The van der Waals surface area contributed by atoms with E-state index in [0.29, 0.717) is 0 Å². The quantitative estimate of drug-likeness (QED) is 0.653. The number of hydrogen-bond donors (Lipinski definition) is 2. The Balaban J connectivity index is 3.60. The first-order chi connectivity index (χ1) is 5.07. The summed E-state index contributed by atoms with van der Waals surface area (Å²) in [5.41, 5.74) is 5.10. The number of halogens is 1. The molecule has 3 N–H and O–H groups in total. The molecule has 0 radical (unpaired) electrons. The molecular weight excluding hydrogens is 173 g/mol. The van der Waals surface area contributed by atoms with Gasteiger partial charge < -0.3 is 10.8 Å². The van der Waals surface area contributed by atoms with Crippen molar-refractivity contribution in [1.29, 1.82) is 0 Å². The highest BCUT2D eigenvalue weighted by Crippen LogP contribution is 2.08. The van der Waals surface area contributed by atoms with Gasteiger partial charge in [-0.2, -0.15) is 3.89 Å². The number of hydrogen-bond acceptors (Lipinski definition) is 4. The molecule has 0 bridgehead atoms. The Morgan fingerprint density at radius 1 is 1.64 bits per heavy atom. The molecule has 0 aliphatic heterocycles. The van der Waals surface area contributed by atoms with Gasteiger partial charge in [-0.1, -0.05) is 0 Å². The van der Waals surface area contributed by atoms with E-state index in [4.69, 9.17) is 10.8 Å². The lowest BCUT2D eigenvalue weighted by Gasteiger charge is -2.03. The second-order valence-corrected chi connectivity index (χ2v) is 2.49. The van der Waals surface area contributed by atoms with Crippen LogP contribution in [0.3, 0.4) is 0 Å². The lowest BCUT2D eigenvalue weighted by molar-refractivity contribution is -0.137. The van der Waals surface area contributed by atoms with Crippen LogP contribution in [0.25, 0.3) is 0 Å². The molecular formula is C5H8FNO3S. The molecule has 0 saturated heterocycles. The van der Waals surface area contributed by atoms with E-state index in [1.54, 1.807) is 0 Å². The van der Waals surface area contributed by atoms with E-state index in [0.717, 1.165) is 0 Å². The maximum absolute atomic E-state index is 11.5. The number of carboxylic acid groups (broad SMARTS) is 1. The summed E-state index contributed by atoms with van der Waals surface area (Å²) in [7, 11) is 0. The highest BCUT2D eigenvalue weighted by atomic mass is 32.2. The summed E-state index contributed by atoms with van der Waals surface area (Å²) in [6.45, 7) is 0. The second-order valence-electron chi connectivity index (χ2n) is 1.94. The van der Waals surface area contributed by atoms with Gasteiger partial charge in [-0.15, -0.1) is 0 Å². The third-order valence-electron chi connectivity index (χ3n) is 1.05. The predicted octanol–water partition coefficient (Wildman–Crippen LogP) is 0.323. The van der Waals surface area contributed by atoms with Crippen LogP contribution in [0, 0.1) is 0 Å². The summed E-state index contributed by atoms with van der Waals surface area (Å²) in [6.07, 6.45) is -0.238. The third kappa shape index (κ3) is 4.74. The molecule has 64 valence electrons. The first-order valence-electron chi connectivity index (χ1n) is 2.87. The van der Waals surface area contributed by atoms with Crippen LogP contribution < -0.4 is 5.73 Å². The number of carbonyl (C=O) groups is 2. The van der Waals surface area contributed by atoms with Gasteiger partial charge in [-0.3, -0.25) is 9.59 Å². The third-order valence-corrected chi connectivity index (χ3v) is 1.50. The summed E-state index contributed by atoms with van der Waals surface area (Å²) >= 11 is -0.472. The van der Waals surface area contributed by atoms with Crippen molar-refractivity contribution < 1.29 is 18.6 Å². The van der Waals surface area contributed by atoms with Crippen LogP contribution in [0.2, 0.25) is 0 Å². The van der Waals surface area contributed by atoms with Gasteiger partial charge in [0.05, 0.1) is 6.04 Å². The van der Waals surface area contributed by atoms with Crippen molar-refractivity contribution in [2.24, 2.45) is 5.73 Å². The molecule has 1 atom stereocenters. The Hall–Kier alpha value is -0.620. The summed E-state index contributed by atoms with van der Waals surface area (Å²) in [5, 5.41) is 7.32. The van der Waals surface area contributed by atoms with Gasteiger partial charge in [-0.05, 0) is 6.42 Å². The van der Waals surface area contributed by atoms with E-state index in [2.05, 4.69) is 0 Å². The van der Waals surface area contributed by atoms with Crippen LogP contribution in [0.5, 0.6) is 0 Å². The van der Waals surface area contributed by atoms with Gasteiger partial charge in [-0.25, -0.2) is 0 Å². The van der Waals surface area contributed by atoms with Crippen molar-refractivity contribution >= 4 is 23.2 Å². The van der Waals surface area contributed by atoms with E-state index < -0.39 is 29.3 Å². The molecule has 0 saturated carbocycles. The predicted molar refractivity (Wildman–Crippen MR) is 38.6 cm³/mol. The van der Waals surface area contributed by atoms with Gasteiger partial charge in [0.1, 0.15) is 12.1 Å². The first kappa shape index (κ1) is 10.4. The molecule has 0 aromatic rings. The summed E-state index contributed by atoms with van der Waals surface area (Å²) < 4.78 is 11.5. The molecule has 11 heavy (non-hydrogen) atoms. The van der Waals surface area contributed by atoms with Gasteiger partial charge in [0, 0.05) is 6.42 Å². The van der Waals surface area contributed by atoms with Crippen LogP contribution in [0.4, 0.5) is 3.89 Å². The zero-order valence-electron chi connectivity index (χ0n) is 5.62. The number of rotatable bonds is 4. The van der Waals surface area contributed by atoms with Crippen molar-refractivity contribution in [3.05, 3.63) is 0 Å². The van der Waals surface area contributed by atoms with E-state index in [9.17, 15) is 13.5 Å². The molecule has 0 aliphatic rings. The Morgan fingerprint density at radius 3 is 2.55 bits per heavy atom. The van der Waals surface area contributed by atoms with Crippen LogP contribution in [-0.4, -0.2) is 22.2 Å². The Kier molecular flexibility index (Phi) is 4.80. The van der Waals surface area contributed by atoms with Crippen molar-refractivity contribution in [3.8, 4) is 0 Å². The highest BCUT2D eigenvalue weighted by molar-refractivity contribution is 8.09. The minimum absolute atomic E-state index is 0.0227. The van der Waals surface area contributed by atoms with Crippen LogP contribution >= 0.6 is 12.1 Å². The van der Waals surface area contributed by atoms with E-state index in [1.807, 2.05) is 0 Å². The lowest BCUT2D eigenvalue weighted by atomic mass is 10.2. The summed E-state index contributed by atoms with van der Waals surface area (Å²) in [4.78, 5) is 20.3. The van der Waals surface area contributed by atoms with Crippen molar-refractivity contribution in [2.45, 2.75) is 18.9 Å². The number of aliphatic carboxylic acids is 1. The zero-order chi connectivity index (χ0) is 8.85. The molecule has 0 spiro atoms. The molecule has 4 nitrogen and oxygen atoms in total. The van der Waals surface area contributed by atoms with Gasteiger partial charge in [0.2, 0.25) is 5.12 Å². The van der Waals surface area contributed by atoms with Crippen LogP contribution in [0.1, 0.15) is 12.8 Å². The lowest BCUT2D eigenvalue weighted by Crippen LogP contribution is -2.28. The molecule has 0 amide bonds. The average molecular weight is 181 g/mol. The number of nitrogens with two attached hydrogens (primary N) is 1. The van der Waals surface area contributed by atoms with Gasteiger partial charge >= 0.3 is 5.97 Å². The zero-order valence-corrected chi connectivity index (χ0v) is 6.44. The van der Waals surface area contributed by atoms with Crippen molar-refractivity contribution in [1.82, 2.24) is 0 Å². The monoisotopic (exact) mass is 181 g/mol. The van der Waals surface area contributed by atoms with Gasteiger partial charge in [0.15, 0.2) is 0 Å². The molecule has 0 aliphatic carbocycles. The topological polar surface area (TPSA) is 80.4 Å². The first-order valence-corrected chi connectivity index (χ1v) is 3.59. The molecule has 6 heteroatoms. The number of carboxylic acids is 1. The maximum atomic E-state index is 11.5. The molecule has 0 fully saturated rings. The minimum atomic E-state index is -1.04. The summed E-state index contributed by atoms with van der Waals surface area (Å²) in [5.74, 6) is -1.04. The normalized spacial score (nSPS) is 12.5. The number of carbonyl (C=O) groups excluding carboxylic acids is 1. The fourth-order valence-electron chi connectivity index (χ4n) is 0.454. The fraction of sp³-hybridized carbons (Fsp3) is 0.600. The van der Waals surface area contributed by atoms with E-state index in [-0.39, 0.29) is 12.8 Å². The van der Waals surface area contributed by atoms with E-state index >= 15 is 0 Å². The summed E-state index contributed by atoms with van der Waals surface area (Å²) in [6, 6.07) is -1.01. The molecule has 0 aromatic carbocycles. The van der Waals surface area contributed by atoms with Crippen molar-refractivity contribution in [3.63, 3.8) is 0 Å². The molecule has 0 aromatic heterocycles. The Bertz CT molecular complexity index is 164. The van der Waals surface area contributed by atoms with E-state index in [1.165, 1.54) is 0 Å². The van der Waals surface area contributed by atoms with Crippen molar-refractivity contribution in [2.75, 3.05) is 0 Å². The smallest absolute Gasteiger partial charge is 0.303 e. The molecule has 0 rings (SSSR count). The largest absolute Gasteiger partial charge is 0.481 e. The average Bonchev–Trinajstić information content (AvgIpc) is 1.98.